The Balaban J connectivity index is 1.62. The summed E-state index contributed by atoms with van der Waals surface area (Å²) in [6.07, 6.45) is 2.57. The predicted octanol–water partition coefficient (Wildman–Crippen LogP) is 3.31. The first-order valence-electron chi connectivity index (χ1n) is 9.68. The third-order valence-electron chi connectivity index (χ3n) is 4.35. The van der Waals surface area contributed by atoms with Crippen molar-refractivity contribution in [3.05, 3.63) is 54.7 Å². The van der Waals surface area contributed by atoms with Crippen molar-refractivity contribution in [1.82, 2.24) is 9.97 Å². The van der Waals surface area contributed by atoms with Crippen LogP contribution in [-0.4, -0.2) is 39.7 Å². The lowest BCUT2D eigenvalue weighted by atomic mass is 10.1. The van der Waals surface area contributed by atoms with Gasteiger partial charge in [-0.05, 0) is 67.4 Å². The smallest absolute Gasteiger partial charge is 0.248 e. The molecule has 0 aliphatic heterocycles. The average Bonchev–Trinajstić information content (AvgIpc) is 3.22. The van der Waals surface area contributed by atoms with E-state index in [0.29, 0.717) is 18.1 Å². The van der Waals surface area contributed by atoms with Gasteiger partial charge in [-0.25, -0.2) is 4.98 Å². The first-order chi connectivity index (χ1) is 14.4. The van der Waals surface area contributed by atoms with Gasteiger partial charge < -0.3 is 25.3 Å². The van der Waals surface area contributed by atoms with E-state index in [1.807, 2.05) is 48.5 Å². The summed E-state index contributed by atoms with van der Waals surface area (Å²) in [5, 5.41) is 11.7. The number of nitrogens with two attached hydrogens (primary N) is 1. The predicted molar refractivity (Wildman–Crippen MR) is 115 cm³/mol. The van der Waals surface area contributed by atoms with Crippen LogP contribution in [0, 0.1) is 0 Å². The number of ether oxygens (including phenoxy) is 2. The number of aliphatic hydroxyl groups excluding tert-OH is 1. The molecule has 0 fully saturated rings. The molecule has 1 atom stereocenters. The maximum Gasteiger partial charge on any atom is 0.248 e. The Hall–Kier alpha value is -3.36. The highest BCUT2D eigenvalue weighted by atomic mass is 16.5. The lowest BCUT2D eigenvalue weighted by Gasteiger charge is -2.19. The number of benzene rings is 2. The number of rotatable bonds is 9. The molecule has 0 aliphatic rings. The van der Waals surface area contributed by atoms with Gasteiger partial charge in [-0.15, -0.1) is 0 Å². The monoisotopic (exact) mass is 410 g/mol. The highest BCUT2D eigenvalue weighted by Crippen LogP contribution is 2.27. The molecular formula is C22H26N4O4. The molecule has 30 heavy (non-hydrogen) atoms. The molecule has 3 aromatic rings. The molecule has 2 aromatic carbocycles. The molecule has 0 saturated heterocycles. The minimum absolute atomic E-state index is 0.255. The molecule has 158 valence electrons. The van der Waals surface area contributed by atoms with Crippen LogP contribution < -0.4 is 20.5 Å². The number of nitrogens with zero attached hydrogens (tertiary/aromatic N) is 1. The van der Waals surface area contributed by atoms with Crippen molar-refractivity contribution in [3.8, 4) is 28.5 Å². The van der Waals surface area contributed by atoms with E-state index in [4.69, 9.17) is 15.2 Å². The number of carbonyl (C=O) groups excluding carboxylic acids is 1. The highest BCUT2D eigenvalue weighted by Gasteiger charge is 2.28. The second kappa shape index (κ2) is 9.43. The molecule has 0 aliphatic carbocycles. The fraction of sp³-hybridized carbons (Fsp3) is 0.273. The van der Waals surface area contributed by atoms with Gasteiger partial charge in [-0.2, -0.15) is 0 Å². The van der Waals surface area contributed by atoms with Crippen LogP contribution >= 0.6 is 0 Å². The van der Waals surface area contributed by atoms with Gasteiger partial charge in [0.1, 0.15) is 22.8 Å². The summed E-state index contributed by atoms with van der Waals surface area (Å²) in [5.74, 6) is 1.95. The topological polar surface area (TPSA) is 122 Å². The third-order valence-corrected chi connectivity index (χ3v) is 4.35. The number of aromatic nitrogens is 2. The summed E-state index contributed by atoms with van der Waals surface area (Å²) < 4.78 is 11.4. The van der Waals surface area contributed by atoms with Crippen LogP contribution in [0.3, 0.4) is 0 Å². The molecule has 0 unspecified atom stereocenters. The molecule has 1 aromatic heterocycles. The number of imidazole rings is 1. The average molecular weight is 410 g/mol. The standard InChI is InChI=1S/C22H26N4O4/c1-3-12-29-16-8-10-18(11-9-16)30-17-6-4-15(5-7-17)19-13-24-21(25-19)26-20(28)22(2,23)14-27/h4-11,13,27H,3,12,14,23H2,1-2H3,(H2,24,25,26,28)/t22-/m0/s1. The molecule has 5 N–H and O–H groups in total. The fourth-order valence-electron chi connectivity index (χ4n) is 2.52. The highest BCUT2D eigenvalue weighted by molar-refractivity contribution is 5.96. The maximum absolute atomic E-state index is 12.0. The zero-order chi connectivity index (χ0) is 21.6. The van der Waals surface area contributed by atoms with Gasteiger partial charge >= 0.3 is 0 Å². The van der Waals surface area contributed by atoms with Crippen LogP contribution in [0.15, 0.2) is 54.7 Å². The largest absolute Gasteiger partial charge is 0.494 e. The molecule has 8 nitrogen and oxygen atoms in total. The summed E-state index contributed by atoms with van der Waals surface area (Å²) in [4.78, 5) is 19.2. The SMILES string of the molecule is CCCOc1ccc(Oc2ccc(-c3cnc(NC(=O)[C@@](C)(N)CO)[nH]3)cc2)cc1. The molecule has 1 heterocycles. The van der Waals surface area contributed by atoms with Crippen LogP contribution in [-0.2, 0) is 4.79 Å². The van der Waals surface area contributed by atoms with E-state index in [9.17, 15) is 9.90 Å². The number of nitrogens with one attached hydrogen (secondary N) is 2. The van der Waals surface area contributed by atoms with Crippen LogP contribution in [0.25, 0.3) is 11.3 Å². The van der Waals surface area contributed by atoms with Crippen molar-refractivity contribution in [3.63, 3.8) is 0 Å². The van der Waals surface area contributed by atoms with Crippen molar-refractivity contribution >= 4 is 11.9 Å². The Morgan fingerprint density at radius 3 is 2.33 bits per heavy atom. The number of H-pyrrole nitrogens is 1. The maximum atomic E-state index is 12.0. The number of aromatic amines is 1. The van der Waals surface area contributed by atoms with E-state index in [2.05, 4.69) is 22.2 Å². The zero-order valence-corrected chi connectivity index (χ0v) is 17.0. The van der Waals surface area contributed by atoms with Gasteiger partial charge in [0.15, 0.2) is 0 Å². The van der Waals surface area contributed by atoms with E-state index in [0.717, 1.165) is 23.4 Å². The molecule has 8 heteroatoms. The van der Waals surface area contributed by atoms with E-state index in [1.54, 1.807) is 6.20 Å². The summed E-state index contributed by atoms with van der Waals surface area (Å²) in [7, 11) is 0. The lowest BCUT2D eigenvalue weighted by Crippen LogP contribution is -2.51. The summed E-state index contributed by atoms with van der Waals surface area (Å²) in [5.41, 5.74) is 5.92. The second-order valence-corrected chi connectivity index (χ2v) is 7.12. The number of anilines is 1. The van der Waals surface area contributed by atoms with E-state index in [-0.39, 0.29) is 5.95 Å². The molecule has 0 saturated carbocycles. The quantitative estimate of drug-likeness (QED) is 0.429. The Morgan fingerprint density at radius 1 is 1.13 bits per heavy atom. The molecule has 0 bridgehead atoms. The molecule has 0 radical (unpaired) electrons. The molecule has 3 rings (SSSR count). The lowest BCUT2D eigenvalue weighted by molar-refractivity contribution is -0.121. The van der Waals surface area contributed by atoms with Gasteiger partial charge in [0, 0.05) is 0 Å². The van der Waals surface area contributed by atoms with E-state index >= 15 is 0 Å². The molecular weight excluding hydrogens is 384 g/mol. The minimum atomic E-state index is -1.38. The first kappa shape index (κ1) is 21.4. The van der Waals surface area contributed by atoms with E-state index in [1.165, 1.54) is 6.92 Å². The second-order valence-electron chi connectivity index (χ2n) is 7.12. The van der Waals surface area contributed by atoms with Crippen molar-refractivity contribution in [2.24, 2.45) is 5.73 Å². The Labute approximate surface area is 175 Å². The number of amides is 1. The van der Waals surface area contributed by atoms with Gasteiger partial charge in [-0.3, -0.25) is 10.1 Å². The Morgan fingerprint density at radius 2 is 1.73 bits per heavy atom. The number of hydrogen-bond donors (Lipinski definition) is 4. The van der Waals surface area contributed by atoms with Crippen LogP contribution in [0.2, 0.25) is 0 Å². The molecule has 1 amide bonds. The number of carbonyl (C=O) groups is 1. The Bertz CT molecular complexity index is 966. The third kappa shape index (κ3) is 5.37. The molecule has 0 spiro atoms. The summed E-state index contributed by atoms with van der Waals surface area (Å²) in [6.45, 7) is 3.72. The van der Waals surface area contributed by atoms with Crippen LogP contribution in [0.4, 0.5) is 5.95 Å². The van der Waals surface area contributed by atoms with Crippen LogP contribution in [0.5, 0.6) is 17.2 Å². The van der Waals surface area contributed by atoms with Gasteiger partial charge in [-0.1, -0.05) is 6.92 Å². The zero-order valence-electron chi connectivity index (χ0n) is 17.0. The first-order valence-corrected chi connectivity index (χ1v) is 9.68. The fourth-order valence-corrected chi connectivity index (χ4v) is 2.52. The van der Waals surface area contributed by atoms with Gasteiger partial charge in [0.05, 0.1) is 25.1 Å². The summed E-state index contributed by atoms with van der Waals surface area (Å²) >= 11 is 0. The number of aliphatic hydroxyl groups is 1. The normalized spacial score (nSPS) is 12.8. The van der Waals surface area contributed by atoms with E-state index < -0.39 is 18.1 Å². The van der Waals surface area contributed by atoms with Crippen molar-refractivity contribution in [1.29, 1.82) is 0 Å². The van der Waals surface area contributed by atoms with Gasteiger partial charge in [0.25, 0.3) is 0 Å². The number of hydrogen-bond acceptors (Lipinski definition) is 6. The Kier molecular flexibility index (Phi) is 6.71. The van der Waals surface area contributed by atoms with Crippen LogP contribution in [0.1, 0.15) is 20.3 Å². The van der Waals surface area contributed by atoms with Gasteiger partial charge in [0.2, 0.25) is 11.9 Å². The summed E-state index contributed by atoms with van der Waals surface area (Å²) in [6, 6.07) is 14.9. The minimum Gasteiger partial charge on any atom is -0.494 e. The van der Waals surface area contributed by atoms with Crippen molar-refractivity contribution in [2.75, 3.05) is 18.5 Å². The van der Waals surface area contributed by atoms with Crippen molar-refractivity contribution < 1.29 is 19.4 Å². The van der Waals surface area contributed by atoms with Crippen molar-refractivity contribution in [2.45, 2.75) is 25.8 Å².